The summed E-state index contributed by atoms with van der Waals surface area (Å²) < 4.78 is 5.42. The van der Waals surface area contributed by atoms with Crippen LogP contribution in [0.3, 0.4) is 0 Å². The number of hydrogen-bond donors (Lipinski definition) is 4. The maximum atomic E-state index is 13.4. The van der Waals surface area contributed by atoms with Gasteiger partial charge in [0.1, 0.15) is 11.6 Å². The molecule has 0 saturated carbocycles. The fourth-order valence-corrected chi connectivity index (χ4v) is 4.09. The number of amides is 3. The molecule has 0 bridgehead atoms. The first-order valence-electron chi connectivity index (χ1n) is 12.7. The minimum Gasteiger partial charge on any atom is -0.444 e. The molecule has 2 unspecified atom stereocenters. The highest BCUT2D eigenvalue weighted by atomic mass is 16.6. The lowest BCUT2D eigenvalue weighted by molar-refractivity contribution is -0.131. The molecule has 0 aromatic heterocycles. The Labute approximate surface area is 220 Å². The van der Waals surface area contributed by atoms with Crippen LogP contribution >= 0.6 is 0 Å². The molecule has 202 valence electrons. The Morgan fingerprint density at radius 2 is 1.41 bits per heavy atom. The third kappa shape index (κ3) is 10.6. The van der Waals surface area contributed by atoms with E-state index in [1.54, 1.807) is 34.6 Å². The van der Waals surface area contributed by atoms with E-state index < -0.39 is 41.7 Å². The molecule has 2 aromatic carbocycles. The second-order valence-corrected chi connectivity index (χ2v) is 10.8. The predicted molar refractivity (Wildman–Crippen MR) is 144 cm³/mol. The lowest BCUT2D eigenvalue weighted by atomic mass is 9.88. The van der Waals surface area contributed by atoms with Crippen molar-refractivity contribution in [3.05, 3.63) is 71.8 Å². The first-order chi connectivity index (χ1) is 17.4. The molecule has 0 saturated heterocycles. The zero-order chi connectivity index (χ0) is 27.6. The van der Waals surface area contributed by atoms with Crippen molar-refractivity contribution in [3.8, 4) is 0 Å². The molecule has 2 aromatic rings. The Hall–Kier alpha value is -3.39. The van der Waals surface area contributed by atoms with Gasteiger partial charge >= 0.3 is 6.09 Å². The second-order valence-electron chi connectivity index (χ2n) is 10.8. The number of aliphatic hydroxyl groups excluding tert-OH is 1. The van der Waals surface area contributed by atoms with Gasteiger partial charge in [0.15, 0.2) is 0 Å². The van der Waals surface area contributed by atoms with Crippen LogP contribution in [0.5, 0.6) is 0 Å². The summed E-state index contributed by atoms with van der Waals surface area (Å²) in [6.07, 6.45) is -0.977. The number of aliphatic hydroxyl groups is 1. The number of nitrogens with two attached hydrogens (primary N) is 1. The van der Waals surface area contributed by atoms with Crippen LogP contribution in [0.1, 0.15) is 52.2 Å². The maximum Gasteiger partial charge on any atom is 0.407 e. The lowest BCUT2D eigenvalue weighted by Gasteiger charge is -2.30. The molecule has 5 N–H and O–H groups in total. The topological polar surface area (TPSA) is 131 Å². The third-order valence-electron chi connectivity index (χ3n) is 5.96. The number of carbonyl (C=O) groups is 3. The second kappa shape index (κ2) is 13.8. The monoisotopic (exact) mass is 511 g/mol. The Balaban J connectivity index is 2.28. The van der Waals surface area contributed by atoms with Gasteiger partial charge in [-0.3, -0.25) is 9.59 Å². The highest BCUT2D eigenvalue weighted by Gasteiger charge is 2.32. The molecule has 0 fully saturated rings. The van der Waals surface area contributed by atoms with E-state index in [-0.39, 0.29) is 18.2 Å². The van der Waals surface area contributed by atoms with Gasteiger partial charge in [0.05, 0.1) is 12.1 Å². The summed E-state index contributed by atoms with van der Waals surface area (Å²) in [7, 11) is 0. The van der Waals surface area contributed by atoms with Crippen LogP contribution in [-0.2, 0) is 27.2 Å². The van der Waals surface area contributed by atoms with Crippen LogP contribution in [-0.4, -0.2) is 46.8 Å². The number of primary amides is 1. The van der Waals surface area contributed by atoms with Gasteiger partial charge in [0.25, 0.3) is 0 Å². The van der Waals surface area contributed by atoms with Gasteiger partial charge in [-0.05, 0) is 57.1 Å². The van der Waals surface area contributed by atoms with Crippen molar-refractivity contribution in [2.24, 2.45) is 17.6 Å². The maximum absolute atomic E-state index is 13.4. The van der Waals surface area contributed by atoms with Crippen molar-refractivity contribution < 1.29 is 24.2 Å². The van der Waals surface area contributed by atoms with Crippen LogP contribution in [0, 0.1) is 11.8 Å². The van der Waals surface area contributed by atoms with Crippen molar-refractivity contribution in [2.75, 3.05) is 0 Å². The minimum absolute atomic E-state index is 0.0532. The fraction of sp³-hybridized carbons (Fsp3) is 0.483. The van der Waals surface area contributed by atoms with Crippen molar-refractivity contribution in [2.45, 2.75) is 77.7 Å². The van der Waals surface area contributed by atoms with E-state index in [0.717, 1.165) is 11.1 Å². The van der Waals surface area contributed by atoms with E-state index in [4.69, 9.17) is 10.5 Å². The van der Waals surface area contributed by atoms with E-state index in [0.29, 0.717) is 12.8 Å². The largest absolute Gasteiger partial charge is 0.444 e. The molecule has 0 heterocycles. The molecular weight excluding hydrogens is 470 g/mol. The fourth-order valence-electron chi connectivity index (χ4n) is 4.09. The summed E-state index contributed by atoms with van der Waals surface area (Å²) in [6.45, 7) is 8.90. The Morgan fingerprint density at radius 3 is 1.86 bits per heavy atom. The molecule has 2 rings (SSSR count). The Bertz CT molecular complexity index is 1010. The summed E-state index contributed by atoms with van der Waals surface area (Å²) in [4.78, 5) is 37.9. The number of nitrogens with one attached hydrogen (secondary N) is 2. The molecule has 0 spiro atoms. The van der Waals surface area contributed by atoms with Gasteiger partial charge in [0, 0.05) is 5.92 Å². The molecule has 0 aliphatic rings. The lowest BCUT2D eigenvalue weighted by Crippen LogP contribution is -2.51. The summed E-state index contributed by atoms with van der Waals surface area (Å²) in [6, 6.07) is 17.4. The van der Waals surface area contributed by atoms with Crippen molar-refractivity contribution in [1.29, 1.82) is 0 Å². The first kappa shape index (κ1) is 29.8. The Kier molecular flexibility index (Phi) is 11.1. The zero-order valence-electron chi connectivity index (χ0n) is 22.4. The summed E-state index contributed by atoms with van der Waals surface area (Å²) in [5.41, 5.74) is 6.64. The number of hydrogen-bond acceptors (Lipinski definition) is 5. The molecule has 8 heteroatoms. The van der Waals surface area contributed by atoms with Crippen LogP contribution in [0.4, 0.5) is 4.79 Å². The van der Waals surface area contributed by atoms with Crippen molar-refractivity contribution >= 4 is 17.9 Å². The number of ether oxygens (including phenoxy) is 1. The van der Waals surface area contributed by atoms with Crippen LogP contribution in [0.25, 0.3) is 0 Å². The number of rotatable bonds is 12. The quantitative estimate of drug-likeness (QED) is 0.347. The van der Waals surface area contributed by atoms with E-state index in [1.165, 1.54) is 0 Å². The van der Waals surface area contributed by atoms with Crippen molar-refractivity contribution in [1.82, 2.24) is 10.6 Å². The zero-order valence-corrected chi connectivity index (χ0v) is 22.4. The van der Waals surface area contributed by atoms with Gasteiger partial charge in [-0.2, -0.15) is 0 Å². The number of benzene rings is 2. The molecule has 4 atom stereocenters. The molecule has 0 aliphatic heterocycles. The van der Waals surface area contributed by atoms with Crippen molar-refractivity contribution in [3.63, 3.8) is 0 Å². The minimum atomic E-state index is -1.07. The van der Waals surface area contributed by atoms with Crippen LogP contribution in [0.2, 0.25) is 0 Å². The summed E-state index contributed by atoms with van der Waals surface area (Å²) in [5, 5.41) is 16.9. The Morgan fingerprint density at radius 1 is 0.892 bits per heavy atom. The molecular formula is C29H41N3O5. The van der Waals surface area contributed by atoms with E-state index in [1.807, 2.05) is 60.7 Å². The van der Waals surface area contributed by atoms with E-state index >= 15 is 0 Å². The van der Waals surface area contributed by atoms with E-state index in [9.17, 15) is 19.5 Å². The van der Waals surface area contributed by atoms with Gasteiger partial charge in [0.2, 0.25) is 11.8 Å². The smallest absolute Gasteiger partial charge is 0.407 e. The number of carbonyl (C=O) groups excluding carboxylic acids is 3. The molecule has 0 radical (unpaired) electrons. The summed E-state index contributed by atoms with van der Waals surface area (Å²) in [5.74, 6) is -1.85. The molecule has 37 heavy (non-hydrogen) atoms. The van der Waals surface area contributed by atoms with Crippen LogP contribution in [0.15, 0.2) is 60.7 Å². The number of alkyl carbamates (subject to hydrolysis) is 1. The molecule has 3 amide bonds. The van der Waals surface area contributed by atoms with Gasteiger partial charge < -0.3 is 26.2 Å². The molecule has 0 aliphatic carbocycles. The third-order valence-corrected chi connectivity index (χ3v) is 5.96. The van der Waals surface area contributed by atoms with Gasteiger partial charge in [-0.15, -0.1) is 0 Å². The summed E-state index contributed by atoms with van der Waals surface area (Å²) >= 11 is 0. The predicted octanol–water partition coefficient (Wildman–Crippen LogP) is 3.36. The molecule has 8 nitrogen and oxygen atoms in total. The average molecular weight is 512 g/mol. The highest BCUT2D eigenvalue weighted by Crippen LogP contribution is 2.20. The highest BCUT2D eigenvalue weighted by molar-refractivity contribution is 5.87. The van der Waals surface area contributed by atoms with Gasteiger partial charge in [-0.25, -0.2) is 4.79 Å². The standard InChI is InChI=1S/C29H41N3O5/c1-19(2)25(26(30)34)32-27(35)22(16-20-12-8-6-9-13-20)18-24(33)23(17-21-14-10-7-11-15-21)31-28(36)37-29(3,4)5/h6-15,19,22-25,33H,16-18H2,1-5H3,(H2,30,34)(H,31,36)(H,32,35)/t22-,23?,24?,25+/m1/s1. The van der Waals surface area contributed by atoms with Gasteiger partial charge in [-0.1, -0.05) is 74.5 Å². The SMILES string of the molecule is CC(C)[C@H](NC(=O)[C@H](Cc1ccccc1)CC(O)C(Cc1ccccc1)NC(=O)OC(C)(C)C)C(N)=O. The van der Waals surface area contributed by atoms with E-state index in [2.05, 4.69) is 10.6 Å². The average Bonchev–Trinajstić information content (AvgIpc) is 2.81. The normalized spacial score (nSPS) is 14.8. The van der Waals surface area contributed by atoms with Crippen LogP contribution < -0.4 is 16.4 Å². The first-order valence-corrected chi connectivity index (χ1v) is 12.7.